The summed E-state index contributed by atoms with van der Waals surface area (Å²) >= 11 is 1.51. The van der Waals surface area contributed by atoms with Crippen LogP contribution in [0.4, 0.5) is 0 Å². The fourth-order valence-electron chi connectivity index (χ4n) is 1.67. The molecule has 2 aromatic rings. The monoisotopic (exact) mass is 259 g/mol. The van der Waals surface area contributed by atoms with Crippen LogP contribution in [0.2, 0.25) is 0 Å². The van der Waals surface area contributed by atoms with E-state index in [4.69, 9.17) is 9.78 Å². The molecule has 0 bridgehead atoms. The van der Waals surface area contributed by atoms with Gasteiger partial charge in [0.25, 0.3) is 0 Å². The van der Waals surface area contributed by atoms with Crippen LogP contribution in [0.5, 0.6) is 0 Å². The van der Waals surface area contributed by atoms with Crippen LogP contribution in [-0.2, 0) is 5.75 Å². The quantitative estimate of drug-likeness (QED) is 0.792. The van der Waals surface area contributed by atoms with Crippen molar-refractivity contribution in [2.75, 3.05) is 0 Å². The predicted molar refractivity (Wildman–Crippen MR) is 69.2 cm³/mol. The van der Waals surface area contributed by atoms with Crippen LogP contribution in [-0.4, -0.2) is 10.1 Å². The number of aromatic nitrogens is 2. The maximum Gasteiger partial charge on any atom is 0.133 e. The topological polar surface area (TPSA) is 62.7 Å². The third-order valence-electron chi connectivity index (χ3n) is 2.46. The molecule has 0 unspecified atom stereocenters. The Labute approximate surface area is 110 Å². The maximum absolute atomic E-state index is 9.15. The molecule has 0 saturated heterocycles. The van der Waals surface area contributed by atoms with Gasteiger partial charge in [-0.25, -0.2) is 4.98 Å². The van der Waals surface area contributed by atoms with E-state index in [9.17, 15) is 0 Å². The van der Waals surface area contributed by atoms with E-state index in [1.165, 1.54) is 11.8 Å². The van der Waals surface area contributed by atoms with Gasteiger partial charge in [0.05, 0.1) is 11.3 Å². The second kappa shape index (κ2) is 5.23. The third kappa shape index (κ3) is 2.71. The van der Waals surface area contributed by atoms with Crippen molar-refractivity contribution in [3.63, 3.8) is 0 Å². The number of hydrogen-bond acceptors (Lipinski definition) is 5. The lowest BCUT2D eigenvalue weighted by Gasteiger charge is -2.05. The summed E-state index contributed by atoms with van der Waals surface area (Å²) in [6.45, 7) is 5.72. The Morgan fingerprint density at radius 2 is 2.11 bits per heavy atom. The van der Waals surface area contributed by atoms with E-state index in [2.05, 4.69) is 16.2 Å². The van der Waals surface area contributed by atoms with E-state index >= 15 is 0 Å². The Bertz CT molecular complexity index is 613. The van der Waals surface area contributed by atoms with Gasteiger partial charge in [-0.1, -0.05) is 16.9 Å². The maximum atomic E-state index is 9.15. The number of nitrogens with zero attached hydrogens (tertiary/aromatic N) is 3. The molecule has 2 rings (SSSR count). The smallest absolute Gasteiger partial charge is 0.133 e. The Kier molecular flexibility index (Phi) is 3.68. The van der Waals surface area contributed by atoms with Crippen molar-refractivity contribution in [2.24, 2.45) is 0 Å². The molecule has 0 N–H and O–H groups in total. The molecule has 0 fully saturated rings. The minimum Gasteiger partial charge on any atom is -0.361 e. The zero-order chi connectivity index (χ0) is 13.1. The molecule has 5 heteroatoms. The van der Waals surface area contributed by atoms with Crippen LogP contribution in [0, 0.1) is 32.1 Å². The molecule has 0 aromatic carbocycles. The Hall–Kier alpha value is -1.80. The molecule has 0 aliphatic carbocycles. The van der Waals surface area contributed by atoms with Crippen molar-refractivity contribution < 1.29 is 4.52 Å². The van der Waals surface area contributed by atoms with E-state index in [-0.39, 0.29) is 0 Å². The zero-order valence-corrected chi connectivity index (χ0v) is 11.3. The predicted octanol–water partition coefficient (Wildman–Crippen LogP) is 3.16. The molecule has 0 atom stereocenters. The minimum atomic E-state index is 0.644. The molecule has 0 spiro atoms. The van der Waals surface area contributed by atoms with Crippen molar-refractivity contribution in [1.29, 1.82) is 5.26 Å². The lowest BCUT2D eigenvalue weighted by Crippen LogP contribution is -1.94. The van der Waals surface area contributed by atoms with Crippen LogP contribution in [0.3, 0.4) is 0 Å². The number of nitriles is 1. The molecule has 0 aliphatic rings. The minimum absolute atomic E-state index is 0.644. The van der Waals surface area contributed by atoms with Gasteiger partial charge in [0, 0.05) is 17.5 Å². The Morgan fingerprint density at radius 3 is 2.72 bits per heavy atom. The average Bonchev–Trinajstić information content (AvgIpc) is 2.72. The molecular formula is C13H13N3OS. The Balaban J connectivity index is 2.21. The van der Waals surface area contributed by atoms with Crippen molar-refractivity contribution >= 4 is 11.8 Å². The van der Waals surface area contributed by atoms with Gasteiger partial charge in [-0.2, -0.15) is 5.26 Å². The SMILES string of the molecule is Cc1cc(C)c(C#N)c(SCc2cc(C)on2)n1. The summed E-state index contributed by atoms with van der Waals surface area (Å²) in [6, 6.07) is 6.02. The standard InChI is InChI=1S/C13H13N3OS/c1-8-4-9(2)15-13(12(8)6-14)18-7-11-5-10(3)17-16-11/h4-5H,7H2,1-3H3. The normalized spacial score (nSPS) is 10.3. The highest BCUT2D eigenvalue weighted by atomic mass is 32.2. The number of hydrogen-bond donors (Lipinski definition) is 0. The largest absolute Gasteiger partial charge is 0.361 e. The second-order valence-electron chi connectivity index (χ2n) is 4.09. The second-order valence-corrected chi connectivity index (χ2v) is 5.05. The number of rotatable bonds is 3. The lowest BCUT2D eigenvalue weighted by molar-refractivity contribution is 0.393. The molecule has 2 heterocycles. The fraction of sp³-hybridized carbons (Fsp3) is 0.308. The zero-order valence-electron chi connectivity index (χ0n) is 10.5. The van der Waals surface area contributed by atoms with E-state index in [0.717, 1.165) is 27.7 Å². The summed E-state index contributed by atoms with van der Waals surface area (Å²) in [6.07, 6.45) is 0. The molecule has 0 aliphatic heterocycles. The van der Waals surface area contributed by atoms with Gasteiger partial charge in [-0.3, -0.25) is 0 Å². The number of aryl methyl sites for hydroxylation is 3. The molecule has 0 saturated carbocycles. The first-order valence-corrected chi connectivity index (χ1v) is 6.52. The first-order valence-electron chi connectivity index (χ1n) is 5.53. The van der Waals surface area contributed by atoms with E-state index < -0.39 is 0 Å². The first kappa shape index (κ1) is 12.7. The summed E-state index contributed by atoms with van der Waals surface area (Å²) in [7, 11) is 0. The number of pyridine rings is 1. The summed E-state index contributed by atoms with van der Waals surface area (Å²) < 4.78 is 5.01. The van der Waals surface area contributed by atoms with Crippen LogP contribution >= 0.6 is 11.8 Å². The first-order chi connectivity index (χ1) is 8.60. The van der Waals surface area contributed by atoms with Gasteiger partial charge in [-0.15, -0.1) is 0 Å². The van der Waals surface area contributed by atoms with Gasteiger partial charge in [-0.05, 0) is 32.4 Å². The Morgan fingerprint density at radius 1 is 1.33 bits per heavy atom. The van der Waals surface area contributed by atoms with Crippen molar-refractivity contribution in [2.45, 2.75) is 31.6 Å². The number of thioether (sulfide) groups is 1. The van der Waals surface area contributed by atoms with Crippen molar-refractivity contribution in [1.82, 2.24) is 10.1 Å². The van der Waals surface area contributed by atoms with E-state index in [1.54, 1.807) is 0 Å². The lowest BCUT2D eigenvalue weighted by atomic mass is 10.1. The van der Waals surface area contributed by atoms with E-state index in [0.29, 0.717) is 11.3 Å². The molecule has 0 amide bonds. The van der Waals surface area contributed by atoms with Gasteiger partial charge in [0.1, 0.15) is 16.9 Å². The fourth-order valence-corrected chi connectivity index (χ4v) is 2.65. The molecule has 2 aromatic heterocycles. The van der Waals surface area contributed by atoms with Gasteiger partial charge < -0.3 is 4.52 Å². The highest BCUT2D eigenvalue weighted by Gasteiger charge is 2.10. The third-order valence-corrected chi connectivity index (χ3v) is 3.47. The summed E-state index contributed by atoms with van der Waals surface area (Å²) in [5, 5.41) is 13.8. The van der Waals surface area contributed by atoms with E-state index in [1.807, 2.05) is 32.9 Å². The van der Waals surface area contributed by atoms with Crippen molar-refractivity contribution in [3.8, 4) is 6.07 Å². The molecular weight excluding hydrogens is 246 g/mol. The highest BCUT2D eigenvalue weighted by Crippen LogP contribution is 2.26. The highest BCUT2D eigenvalue weighted by molar-refractivity contribution is 7.98. The van der Waals surface area contributed by atoms with Gasteiger partial charge >= 0.3 is 0 Å². The van der Waals surface area contributed by atoms with Crippen LogP contribution in [0.25, 0.3) is 0 Å². The molecule has 4 nitrogen and oxygen atoms in total. The molecule has 18 heavy (non-hydrogen) atoms. The van der Waals surface area contributed by atoms with Crippen LogP contribution in [0.1, 0.15) is 28.3 Å². The summed E-state index contributed by atoms with van der Waals surface area (Å²) in [4.78, 5) is 4.41. The summed E-state index contributed by atoms with van der Waals surface area (Å²) in [5.41, 5.74) is 3.39. The van der Waals surface area contributed by atoms with Crippen molar-refractivity contribution in [3.05, 3.63) is 40.4 Å². The summed E-state index contributed by atoms with van der Waals surface area (Å²) in [5.74, 6) is 1.45. The molecule has 0 radical (unpaired) electrons. The van der Waals surface area contributed by atoms with Crippen LogP contribution in [0.15, 0.2) is 21.7 Å². The average molecular weight is 259 g/mol. The van der Waals surface area contributed by atoms with Crippen LogP contribution < -0.4 is 0 Å². The van der Waals surface area contributed by atoms with Gasteiger partial charge in [0.2, 0.25) is 0 Å². The van der Waals surface area contributed by atoms with Gasteiger partial charge in [0.15, 0.2) is 0 Å². The molecule has 92 valence electrons.